The topological polar surface area (TPSA) is 125 Å². The average Bonchev–Trinajstić information content (AvgIpc) is 3.06. The number of nitrogens with zero attached hydrogens (tertiary/aromatic N) is 5. The van der Waals surface area contributed by atoms with E-state index in [0.717, 1.165) is 24.1 Å². The van der Waals surface area contributed by atoms with Gasteiger partial charge in [0, 0.05) is 18.0 Å². The van der Waals surface area contributed by atoms with Gasteiger partial charge in [0.25, 0.3) is 0 Å². The van der Waals surface area contributed by atoms with Gasteiger partial charge in [0.15, 0.2) is 11.5 Å². The van der Waals surface area contributed by atoms with E-state index < -0.39 is 0 Å². The Morgan fingerprint density at radius 2 is 1.97 bits per heavy atom. The highest BCUT2D eigenvalue weighted by molar-refractivity contribution is 5.81. The number of imidazole rings is 1. The molecule has 0 saturated carbocycles. The minimum atomic E-state index is -0.300. The molecule has 9 nitrogen and oxygen atoms in total. The lowest BCUT2D eigenvalue weighted by atomic mass is 10.1. The molecule has 3 N–H and O–H groups in total. The lowest BCUT2D eigenvalue weighted by molar-refractivity contribution is 0.459. The maximum absolute atomic E-state index is 12.4. The second kappa shape index (κ2) is 9.17. The molecule has 0 spiro atoms. The molecular formula is C23H27N7O2. The number of aryl methyl sites for hydroxylation is 2. The van der Waals surface area contributed by atoms with Crippen molar-refractivity contribution in [3.63, 3.8) is 0 Å². The number of rotatable bonds is 8. The van der Waals surface area contributed by atoms with Crippen molar-refractivity contribution >= 4 is 17.0 Å². The highest BCUT2D eigenvalue weighted by atomic mass is 16.5. The van der Waals surface area contributed by atoms with Crippen molar-refractivity contribution in [2.24, 2.45) is 5.92 Å². The van der Waals surface area contributed by atoms with E-state index in [1.54, 1.807) is 25.4 Å². The third kappa shape index (κ3) is 4.93. The van der Waals surface area contributed by atoms with Crippen LogP contribution in [0.2, 0.25) is 0 Å². The van der Waals surface area contributed by atoms with Gasteiger partial charge in [-0.25, -0.2) is 19.7 Å². The SMILES string of the molecule is Cc1nc(N)c2[nH]c(=O)n(Cc3ccc(Oc4ccc(CCCC(C)C)nc4)nc3)c2n1. The number of nitrogens with one attached hydrogen (secondary N) is 1. The summed E-state index contributed by atoms with van der Waals surface area (Å²) in [4.78, 5) is 32.4. The Morgan fingerprint density at radius 1 is 1.12 bits per heavy atom. The van der Waals surface area contributed by atoms with Crippen LogP contribution in [0.15, 0.2) is 41.5 Å². The number of nitrogen functional groups attached to an aromatic ring is 1. The molecule has 0 bridgehead atoms. The van der Waals surface area contributed by atoms with Crippen molar-refractivity contribution in [3.8, 4) is 11.6 Å². The van der Waals surface area contributed by atoms with E-state index in [1.165, 1.54) is 11.0 Å². The molecule has 4 heterocycles. The Balaban J connectivity index is 1.42. The number of nitrogens with two attached hydrogens (primary N) is 1. The van der Waals surface area contributed by atoms with Crippen molar-refractivity contribution in [2.45, 2.75) is 46.6 Å². The van der Waals surface area contributed by atoms with Gasteiger partial charge in [-0.15, -0.1) is 0 Å². The number of H-pyrrole nitrogens is 1. The van der Waals surface area contributed by atoms with Gasteiger partial charge in [-0.1, -0.05) is 26.3 Å². The molecule has 0 atom stereocenters. The highest BCUT2D eigenvalue weighted by Crippen LogP contribution is 2.20. The molecule has 4 aromatic rings. The van der Waals surface area contributed by atoms with Crippen molar-refractivity contribution in [3.05, 3.63) is 64.2 Å². The van der Waals surface area contributed by atoms with E-state index in [2.05, 4.69) is 38.8 Å². The molecule has 4 rings (SSSR count). The summed E-state index contributed by atoms with van der Waals surface area (Å²) < 4.78 is 7.32. The molecule has 0 unspecified atom stereocenters. The zero-order valence-corrected chi connectivity index (χ0v) is 18.5. The number of hydrogen-bond donors (Lipinski definition) is 2. The molecule has 0 amide bonds. The van der Waals surface area contributed by atoms with Gasteiger partial charge in [-0.05, 0) is 43.4 Å². The quantitative estimate of drug-likeness (QED) is 0.435. The first kappa shape index (κ1) is 21.5. The van der Waals surface area contributed by atoms with Crippen LogP contribution >= 0.6 is 0 Å². The smallest absolute Gasteiger partial charge is 0.328 e. The lowest BCUT2D eigenvalue weighted by Gasteiger charge is -2.08. The van der Waals surface area contributed by atoms with E-state index in [4.69, 9.17) is 10.5 Å². The van der Waals surface area contributed by atoms with Gasteiger partial charge in [0.05, 0.1) is 12.7 Å². The summed E-state index contributed by atoms with van der Waals surface area (Å²) in [5.74, 6) is 2.55. The predicted molar refractivity (Wildman–Crippen MR) is 123 cm³/mol. The Hall–Kier alpha value is -3.75. The summed E-state index contributed by atoms with van der Waals surface area (Å²) in [6.45, 7) is 6.49. The monoisotopic (exact) mass is 433 g/mol. The van der Waals surface area contributed by atoms with Crippen LogP contribution in [-0.4, -0.2) is 29.5 Å². The number of ether oxygens (including phenoxy) is 1. The van der Waals surface area contributed by atoms with Crippen LogP contribution in [0.1, 0.15) is 43.8 Å². The van der Waals surface area contributed by atoms with E-state index >= 15 is 0 Å². The summed E-state index contributed by atoms with van der Waals surface area (Å²) in [6.07, 6.45) is 6.69. The molecule has 0 aromatic carbocycles. The Kier molecular flexibility index (Phi) is 6.16. The van der Waals surface area contributed by atoms with Gasteiger partial charge in [-0.2, -0.15) is 0 Å². The normalized spacial score (nSPS) is 11.4. The maximum Gasteiger partial charge on any atom is 0.328 e. The molecular weight excluding hydrogens is 406 g/mol. The Labute approximate surface area is 185 Å². The summed E-state index contributed by atoms with van der Waals surface area (Å²) in [5, 5.41) is 0. The Morgan fingerprint density at radius 3 is 2.66 bits per heavy atom. The number of anilines is 1. The van der Waals surface area contributed by atoms with Crippen molar-refractivity contribution in [1.29, 1.82) is 0 Å². The van der Waals surface area contributed by atoms with E-state index in [-0.39, 0.29) is 11.5 Å². The molecule has 0 fully saturated rings. The third-order valence-corrected chi connectivity index (χ3v) is 5.14. The zero-order chi connectivity index (χ0) is 22.7. The second-order valence-corrected chi connectivity index (χ2v) is 8.25. The van der Waals surface area contributed by atoms with Crippen molar-refractivity contribution < 1.29 is 4.74 Å². The summed E-state index contributed by atoms with van der Waals surface area (Å²) >= 11 is 0. The van der Waals surface area contributed by atoms with Crippen LogP contribution < -0.4 is 16.2 Å². The predicted octanol–water partition coefficient (Wildman–Crippen LogP) is 3.62. The van der Waals surface area contributed by atoms with E-state index in [1.807, 2.05) is 18.2 Å². The molecule has 9 heteroatoms. The van der Waals surface area contributed by atoms with E-state index in [9.17, 15) is 4.79 Å². The second-order valence-electron chi connectivity index (χ2n) is 8.25. The Bertz CT molecular complexity index is 1260. The van der Waals surface area contributed by atoms with Gasteiger partial charge in [0.1, 0.15) is 17.1 Å². The maximum atomic E-state index is 12.4. The minimum absolute atomic E-state index is 0.254. The lowest BCUT2D eigenvalue weighted by Crippen LogP contribution is -2.18. The van der Waals surface area contributed by atoms with Gasteiger partial charge >= 0.3 is 5.69 Å². The first-order chi connectivity index (χ1) is 15.4. The number of aromatic nitrogens is 6. The van der Waals surface area contributed by atoms with Crippen LogP contribution in [0.5, 0.6) is 11.6 Å². The fourth-order valence-corrected chi connectivity index (χ4v) is 3.49. The standard InChI is InChI=1S/C23H27N7O2/c1-14(2)5-4-6-17-8-9-18(12-25-17)32-19-10-7-16(11-26-19)13-30-22-20(29-23(30)31)21(24)27-15(3)28-22/h7-12,14H,4-6,13H2,1-3H3,(H,29,31)(H2,24,27,28). The molecule has 0 aliphatic rings. The van der Waals surface area contributed by atoms with Gasteiger partial charge in [0.2, 0.25) is 5.88 Å². The summed E-state index contributed by atoms with van der Waals surface area (Å²) in [7, 11) is 0. The van der Waals surface area contributed by atoms with Crippen LogP contribution in [0.25, 0.3) is 11.2 Å². The fraction of sp³-hybridized carbons (Fsp3) is 0.348. The van der Waals surface area contributed by atoms with Crippen LogP contribution in [0.3, 0.4) is 0 Å². The zero-order valence-electron chi connectivity index (χ0n) is 18.5. The minimum Gasteiger partial charge on any atom is -0.437 e. The fourth-order valence-electron chi connectivity index (χ4n) is 3.49. The first-order valence-electron chi connectivity index (χ1n) is 10.7. The molecule has 0 aliphatic heterocycles. The van der Waals surface area contributed by atoms with Gasteiger partial charge in [-0.3, -0.25) is 9.55 Å². The van der Waals surface area contributed by atoms with Crippen LogP contribution in [-0.2, 0) is 13.0 Å². The number of hydrogen-bond acceptors (Lipinski definition) is 7. The number of aromatic amines is 1. The molecule has 4 aromatic heterocycles. The van der Waals surface area contributed by atoms with Crippen LogP contribution in [0, 0.1) is 12.8 Å². The third-order valence-electron chi connectivity index (χ3n) is 5.14. The number of fused-ring (bicyclic) bond motifs is 1. The molecule has 32 heavy (non-hydrogen) atoms. The van der Waals surface area contributed by atoms with Crippen molar-refractivity contribution in [1.82, 2.24) is 29.5 Å². The molecule has 0 aliphatic carbocycles. The van der Waals surface area contributed by atoms with E-state index in [0.29, 0.717) is 41.1 Å². The largest absolute Gasteiger partial charge is 0.437 e. The first-order valence-corrected chi connectivity index (χ1v) is 10.7. The average molecular weight is 434 g/mol. The molecule has 166 valence electrons. The highest BCUT2D eigenvalue weighted by Gasteiger charge is 2.13. The number of pyridine rings is 2. The van der Waals surface area contributed by atoms with Gasteiger partial charge < -0.3 is 15.5 Å². The summed E-state index contributed by atoms with van der Waals surface area (Å²) in [6, 6.07) is 7.52. The summed E-state index contributed by atoms with van der Waals surface area (Å²) in [5.41, 5.74) is 8.40. The molecule has 0 saturated heterocycles. The van der Waals surface area contributed by atoms with Crippen LogP contribution in [0.4, 0.5) is 5.82 Å². The molecule has 0 radical (unpaired) electrons. The van der Waals surface area contributed by atoms with Crippen molar-refractivity contribution in [2.75, 3.05) is 5.73 Å².